The largest absolute Gasteiger partial charge is 0.306 e. The molecule has 0 fully saturated rings. The smallest absolute Gasteiger partial charge is 0.110 e. The summed E-state index contributed by atoms with van der Waals surface area (Å²) in [5.74, 6) is 1.24. The van der Waals surface area contributed by atoms with E-state index in [2.05, 4.69) is 39.3 Å². The monoisotopic (exact) mass is 286 g/mol. The van der Waals surface area contributed by atoms with Crippen molar-refractivity contribution in [3.63, 3.8) is 0 Å². The van der Waals surface area contributed by atoms with Gasteiger partial charge in [0, 0.05) is 10.9 Å². The third-order valence-corrected chi connectivity index (χ3v) is 4.74. The molecule has 2 nitrogen and oxygen atoms in total. The van der Waals surface area contributed by atoms with Crippen molar-refractivity contribution in [2.24, 2.45) is 0 Å². The van der Waals surface area contributed by atoms with Crippen LogP contribution < -0.4 is 5.32 Å². The zero-order chi connectivity index (χ0) is 13.5. The van der Waals surface area contributed by atoms with E-state index in [1.54, 1.807) is 0 Å². The Kier molecular flexibility index (Phi) is 7.27. The highest BCUT2D eigenvalue weighted by Gasteiger charge is 2.17. The van der Waals surface area contributed by atoms with Gasteiger partial charge in [-0.25, -0.2) is 4.98 Å². The minimum absolute atomic E-state index is 0.432. The van der Waals surface area contributed by atoms with Crippen molar-refractivity contribution in [3.8, 4) is 0 Å². The van der Waals surface area contributed by atoms with Crippen LogP contribution in [0.15, 0.2) is 0 Å². The molecule has 0 aliphatic rings. The van der Waals surface area contributed by atoms with Crippen LogP contribution >= 0.6 is 23.1 Å². The molecule has 104 valence electrons. The summed E-state index contributed by atoms with van der Waals surface area (Å²) >= 11 is 3.79. The summed E-state index contributed by atoms with van der Waals surface area (Å²) in [4.78, 5) is 6.19. The quantitative estimate of drug-likeness (QED) is 0.725. The zero-order valence-corrected chi connectivity index (χ0v) is 13.9. The van der Waals surface area contributed by atoms with Gasteiger partial charge in [-0.15, -0.1) is 11.3 Å². The molecule has 1 aromatic heterocycles. The number of aromatic nitrogens is 1. The fraction of sp³-hybridized carbons (Fsp3) is 0.786. The molecule has 1 atom stereocenters. The molecule has 0 aromatic carbocycles. The second-order valence-electron chi connectivity index (χ2n) is 4.92. The van der Waals surface area contributed by atoms with Gasteiger partial charge in [-0.05, 0) is 38.2 Å². The molecule has 1 rings (SSSR count). The summed E-state index contributed by atoms with van der Waals surface area (Å²) in [7, 11) is 0. The van der Waals surface area contributed by atoms with Crippen molar-refractivity contribution >= 4 is 23.1 Å². The van der Waals surface area contributed by atoms with E-state index in [0.29, 0.717) is 12.1 Å². The number of hydrogen-bond donors (Lipinski definition) is 1. The van der Waals surface area contributed by atoms with E-state index in [-0.39, 0.29) is 0 Å². The fourth-order valence-corrected chi connectivity index (χ4v) is 3.60. The lowest BCUT2D eigenvalue weighted by Crippen LogP contribution is -2.28. The van der Waals surface area contributed by atoms with Crippen molar-refractivity contribution in [1.29, 1.82) is 0 Å². The summed E-state index contributed by atoms with van der Waals surface area (Å²) in [5.41, 5.74) is 1.27. The third kappa shape index (κ3) is 4.90. The van der Waals surface area contributed by atoms with Gasteiger partial charge in [0.2, 0.25) is 0 Å². The first kappa shape index (κ1) is 16.0. The molecule has 0 aliphatic carbocycles. The van der Waals surface area contributed by atoms with Gasteiger partial charge in [-0.3, -0.25) is 0 Å². The van der Waals surface area contributed by atoms with Crippen LogP contribution in [0.2, 0.25) is 0 Å². The standard InChI is InChI=1S/C14H26N2S2/c1-6-12-11(4)18-14(16-12)13(15-10(2)3)8-7-9-17-5/h10,13,15H,6-9H2,1-5H3. The molecule has 1 unspecified atom stereocenters. The van der Waals surface area contributed by atoms with Crippen LogP contribution in [0.5, 0.6) is 0 Å². The summed E-state index contributed by atoms with van der Waals surface area (Å²) in [6.45, 7) is 8.80. The minimum atomic E-state index is 0.432. The topological polar surface area (TPSA) is 24.9 Å². The SMILES string of the molecule is CCc1nc(C(CCCSC)NC(C)C)sc1C. The minimum Gasteiger partial charge on any atom is -0.306 e. The predicted molar refractivity (Wildman–Crippen MR) is 84.9 cm³/mol. The molecule has 0 radical (unpaired) electrons. The van der Waals surface area contributed by atoms with Crippen molar-refractivity contribution < 1.29 is 0 Å². The Bertz CT molecular complexity index is 348. The van der Waals surface area contributed by atoms with Gasteiger partial charge in [0.25, 0.3) is 0 Å². The Morgan fingerprint density at radius 3 is 2.61 bits per heavy atom. The van der Waals surface area contributed by atoms with Crippen molar-refractivity contribution in [1.82, 2.24) is 10.3 Å². The van der Waals surface area contributed by atoms with Crippen LogP contribution in [0.4, 0.5) is 0 Å². The Hall–Kier alpha value is -0.0600. The Morgan fingerprint density at radius 1 is 1.39 bits per heavy atom. The second-order valence-corrected chi connectivity index (χ2v) is 7.14. The van der Waals surface area contributed by atoms with Crippen molar-refractivity contribution in [2.45, 2.75) is 59.0 Å². The van der Waals surface area contributed by atoms with E-state index in [4.69, 9.17) is 4.98 Å². The van der Waals surface area contributed by atoms with Gasteiger partial charge < -0.3 is 5.32 Å². The van der Waals surface area contributed by atoms with E-state index in [0.717, 1.165) is 6.42 Å². The van der Waals surface area contributed by atoms with Crippen molar-refractivity contribution in [2.75, 3.05) is 12.0 Å². The first-order valence-corrected chi connectivity index (χ1v) is 9.00. The molecule has 0 aliphatic heterocycles. The Morgan fingerprint density at radius 2 is 2.11 bits per heavy atom. The molecule has 4 heteroatoms. The molecular weight excluding hydrogens is 260 g/mol. The molecule has 0 saturated heterocycles. The maximum atomic E-state index is 4.81. The predicted octanol–water partition coefficient (Wildman–Crippen LogP) is 4.20. The van der Waals surface area contributed by atoms with E-state index in [1.807, 2.05) is 23.1 Å². The van der Waals surface area contributed by atoms with Crippen LogP contribution in [0.25, 0.3) is 0 Å². The number of nitrogens with one attached hydrogen (secondary N) is 1. The summed E-state index contributed by atoms with van der Waals surface area (Å²) < 4.78 is 0. The van der Waals surface area contributed by atoms with Crippen LogP contribution in [-0.2, 0) is 6.42 Å². The highest BCUT2D eigenvalue weighted by molar-refractivity contribution is 7.98. The first-order valence-electron chi connectivity index (χ1n) is 6.79. The summed E-state index contributed by atoms with van der Waals surface area (Å²) in [5, 5.41) is 4.94. The average molecular weight is 287 g/mol. The Balaban J connectivity index is 2.73. The first-order chi connectivity index (χ1) is 8.58. The average Bonchev–Trinajstić information content (AvgIpc) is 2.69. The van der Waals surface area contributed by atoms with E-state index in [9.17, 15) is 0 Å². The van der Waals surface area contributed by atoms with E-state index >= 15 is 0 Å². The van der Waals surface area contributed by atoms with Gasteiger partial charge in [0.1, 0.15) is 5.01 Å². The molecule has 1 N–H and O–H groups in total. The maximum absolute atomic E-state index is 4.81. The fourth-order valence-electron chi connectivity index (χ4n) is 2.04. The van der Waals surface area contributed by atoms with Crippen LogP contribution in [0.1, 0.15) is 55.2 Å². The zero-order valence-electron chi connectivity index (χ0n) is 12.2. The number of thiazole rings is 1. The summed E-state index contributed by atoms with van der Waals surface area (Å²) in [6.07, 6.45) is 5.66. The molecule has 0 amide bonds. The molecule has 1 aromatic rings. The van der Waals surface area contributed by atoms with Crippen LogP contribution in [0, 0.1) is 6.92 Å². The molecule has 0 spiro atoms. The number of hydrogen-bond acceptors (Lipinski definition) is 4. The van der Waals surface area contributed by atoms with Gasteiger partial charge in [-0.2, -0.15) is 11.8 Å². The van der Waals surface area contributed by atoms with Crippen molar-refractivity contribution in [3.05, 3.63) is 15.6 Å². The second kappa shape index (κ2) is 8.18. The molecular formula is C14H26N2S2. The number of rotatable bonds is 8. The van der Waals surface area contributed by atoms with E-state index < -0.39 is 0 Å². The van der Waals surface area contributed by atoms with Gasteiger partial charge in [0.05, 0.1) is 11.7 Å². The van der Waals surface area contributed by atoms with Crippen LogP contribution in [-0.4, -0.2) is 23.0 Å². The molecule has 0 bridgehead atoms. The van der Waals surface area contributed by atoms with Gasteiger partial charge in [-0.1, -0.05) is 20.8 Å². The van der Waals surface area contributed by atoms with Gasteiger partial charge in [0.15, 0.2) is 0 Å². The maximum Gasteiger partial charge on any atom is 0.110 e. The highest BCUT2D eigenvalue weighted by atomic mass is 32.2. The lowest BCUT2D eigenvalue weighted by Gasteiger charge is -2.19. The number of thioether (sulfide) groups is 1. The molecule has 18 heavy (non-hydrogen) atoms. The van der Waals surface area contributed by atoms with Gasteiger partial charge >= 0.3 is 0 Å². The highest BCUT2D eigenvalue weighted by Crippen LogP contribution is 2.27. The van der Waals surface area contributed by atoms with E-state index in [1.165, 1.54) is 34.2 Å². The lowest BCUT2D eigenvalue weighted by atomic mass is 10.1. The lowest BCUT2D eigenvalue weighted by molar-refractivity contribution is 0.447. The molecule has 1 heterocycles. The molecule has 0 saturated carbocycles. The number of aryl methyl sites for hydroxylation is 2. The Labute approximate surface area is 120 Å². The third-order valence-electron chi connectivity index (χ3n) is 2.92. The van der Waals surface area contributed by atoms with Crippen LogP contribution in [0.3, 0.4) is 0 Å². The normalized spacial score (nSPS) is 13.2. The summed E-state index contributed by atoms with van der Waals surface area (Å²) in [6, 6.07) is 0.944. The number of nitrogens with zero attached hydrogens (tertiary/aromatic N) is 1.